The number of nitrogens with zero attached hydrogens (tertiary/aromatic N) is 3. The predicted molar refractivity (Wildman–Crippen MR) is 78.8 cm³/mol. The molecule has 0 saturated heterocycles. The van der Waals surface area contributed by atoms with Crippen molar-refractivity contribution in [2.45, 2.75) is 32.5 Å². The molecule has 0 spiro atoms. The van der Waals surface area contributed by atoms with Crippen molar-refractivity contribution in [3.63, 3.8) is 0 Å². The molecule has 0 unspecified atom stereocenters. The molecule has 0 saturated carbocycles. The Hall–Kier alpha value is -1.81. The largest absolute Gasteiger partial charge is 0.488 e. The summed E-state index contributed by atoms with van der Waals surface area (Å²) in [6, 6.07) is 10.4. The lowest BCUT2D eigenvalue weighted by Gasteiger charge is -2.19. The lowest BCUT2D eigenvalue weighted by atomic mass is 10.1. The first kappa shape index (κ1) is 13.2. The third-order valence-electron chi connectivity index (χ3n) is 3.68. The maximum Gasteiger partial charge on any atom is 0.123 e. The first-order chi connectivity index (χ1) is 9.74. The highest BCUT2D eigenvalue weighted by molar-refractivity contribution is 5.37. The minimum atomic E-state index is 0.255. The quantitative estimate of drug-likeness (QED) is 0.836. The maximum atomic E-state index is 5.97. The standard InChI is InChI=1S/C16H21N3O/c1-3-19-9-8-14(17-19)11-18(2)12-15-10-13-6-4-5-7-16(13)20-15/h4-9,15H,3,10-12H2,1-2H3/t15-/m0/s1. The van der Waals surface area contributed by atoms with Crippen molar-refractivity contribution in [3.05, 3.63) is 47.8 Å². The van der Waals surface area contributed by atoms with Crippen LogP contribution in [-0.2, 0) is 19.5 Å². The third kappa shape index (κ3) is 2.85. The van der Waals surface area contributed by atoms with Crippen LogP contribution in [0.15, 0.2) is 36.5 Å². The van der Waals surface area contributed by atoms with E-state index in [2.05, 4.69) is 48.2 Å². The van der Waals surface area contributed by atoms with Crippen LogP contribution in [0.25, 0.3) is 0 Å². The molecule has 1 aliphatic rings. The van der Waals surface area contributed by atoms with E-state index >= 15 is 0 Å². The second-order valence-electron chi connectivity index (χ2n) is 5.41. The monoisotopic (exact) mass is 271 g/mol. The molecular formula is C16H21N3O. The van der Waals surface area contributed by atoms with Gasteiger partial charge in [-0.3, -0.25) is 9.58 Å². The predicted octanol–water partition coefficient (Wildman–Crippen LogP) is 2.34. The normalized spacial score (nSPS) is 17.2. The molecule has 1 atom stereocenters. The van der Waals surface area contributed by atoms with E-state index in [0.29, 0.717) is 0 Å². The van der Waals surface area contributed by atoms with E-state index in [1.807, 2.05) is 16.9 Å². The molecule has 4 nitrogen and oxygen atoms in total. The highest BCUT2D eigenvalue weighted by Gasteiger charge is 2.23. The van der Waals surface area contributed by atoms with E-state index in [4.69, 9.17) is 4.74 Å². The number of aryl methyl sites for hydroxylation is 1. The van der Waals surface area contributed by atoms with E-state index in [9.17, 15) is 0 Å². The van der Waals surface area contributed by atoms with Crippen LogP contribution in [0.4, 0.5) is 0 Å². The second kappa shape index (κ2) is 5.67. The number of benzene rings is 1. The molecular weight excluding hydrogens is 250 g/mol. The van der Waals surface area contributed by atoms with Gasteiger partial charge in [-0.1, -0.05) is 18.2 Å². The fourth-order valence-corrected chi connectivity index (χ4v) is 2.71. The molecule has 2 aromatic rings. The van der Waals surface area contributed by atoms with Gasteiger partial charge in [0.15, 0.2) is 0 Å². The molecule has 3 rings (SSSR count). The summed E-state index contributed by atoms with van der Waals surface area (Å²) in [5.41, 5.74) is 2.44. The van der Waals surface area contributed by atoms with Crippen LogP contribution in [0.3, 0.4) is 0 Å². The van der Waals surface area contributed by atoms with Crippen molar-refractivity contribution in [2.75, 3.05) is 13.6 Å². The molecule has 2 heterocycles. The van der Waals surface area contributed by atoms with Crippen LogP contribution in [0.5, 0.6) is 5.75 Å². The number of hydrogen-bond acceptors (Lipinski definition) is 3. The van der Waals surface area contributed by atoms with Crippen LogP contribution in [0, 0.1) is 0 Å². The Morgan fingerprint density at radius 3 is 2.95 bits per heavy atom. The molecule has 0 aliphatic carbocycles. The first-order valence-corrected chi connectivity index (χ1v) is 7.20. The molecule has 106 valence electrons. The summed E-state index contributed by atoms with van der Waals surface area (Å²) in [6.07, 6.45) is 3.29. The fourth-order valence-electron chi connectivity index (χ4n) is 2.71. The van der Waals surface area contributed by atoms with Crippen LogP contribution in [0.2, 0.25) is 0 Å². The number of likely N-dealkylation sites (N-methyl/N-ethyl adjacent to an activating group) is 1. The summed E-state index contributed by atoms with van der Waals surface area (Å²) in [7, 11) is 2.12. The smallest absolute Gasteiger partial charge is 0.123 e. The Kier molecular flexibility index (Phi) is 3.74. The average molecular weight is 271 g/mol. The number of para-hydroxylation sites is 1. The molecule has 0 amide bonds. The average Bonchev–Trinajstić information content (AvgIpc) is 3.04. The SMILES string of the molecule is CCn1ccc(CN(C)C[C@@H]2Cc3ccccc3O2)n1. The summed E-state index contributed by atoms with van der Waals surface area (Å²) in [4.78, 5) is 2.28. The Bertz CT molecular complexity index is 554. The number of hydrogen-bond donors (Lipinski definition) is 0. The minimum Gasteiger partial charge on any atom is -0.488 e. The number of fused-ring (bicyclic) bond motifs is 1. The second-order valence-corrected chi connectivity index (χ2v) is 5.41. The highest BCUT2D eigenvalue weighted by Crippen LogP contribution is 2.28. The van der Waals surface area contributed by atoms with Crippen LogP contribution < -0.4 is 4.74 Å². The van der Waals surface area contributed by atoms with Gasteiger partial charge in [-0.25, -0.2) is 0 Å². The van der Waals surface area contributed by atoms with Crippen molar-refractivity contribution < 1.29 is 4.74 Å². The summed E-state index contributed by atoms with van der Waals surface area (Å²) in [5, 5.41) is 4.52. The summed E-state index contributed by atoms with van der Waals surface area (Å²) in [5.74, 6) is 1.04. The van der Waals surface area contributed by atoms with Gasteiger partial charge in [-0.05, 0) is 31.7 Å². The maximum absolute atomic E-state index is 5.97. The van der Waals surface area contributed by atoms with E-state index in [0.717, 1.165) is 37.5 Å². The van der Waals surface area contributed by atoms with Gasteiger partial charge < -0.3 is 4.74 Å². The molecule has 1 aliphatic heterocycles. The molecule has 0 N–H and O–H groups in total. The summed E-state index contributed by atoms with van der Waals surface area (Å²) >= 11 is 0. The lowest BCUT2D eigenvalue weighted by Crippen LogP contribution is -2.31. The van der Waals surface area contributed by atoms with Crippen LogP contribution in [0.1, 0.15) is 18.2 Å². The Balaban J connectivity index is 1.54. The molecule has 1 aromatic heterocycles. The number of rotatable bonds is 5. The topological polar surface area (TPSA) is 30.3 Å². The van der Waals surface area contributed by atoms with Gasteiger partial charge in [0.05, 0.1) is 5.69 Å². The van der Waals surface area contributed by atoms with Gasteiger partial charge in [-0.2, -0.15) is 5.10 Å². The van der Waals surface area contributed by atoms with Gasteiger partial charge in [-0.15, -0.1) is 0 Å². The van der Waals surface area contributed by atoms with Crippen LogP contribution >= 0.6 is 0 Å². The summed E-state index contributed by atoms with van der Waals surface area (Å²) in [6.45, 7) is 4.81. The number of aromatic nitrogens is 2. The van der Waals surface area contributed by atoms with Gasteiger partial charge in [0.2, 0.25) is 0 Å². The molecule has 4 heteroatoms. The highest BCUT2D eigenvalue weighted by atomic mass is 16.5. The Labute approximate surface area is 120 Å². The Morgan fingerprint density at radius 1 is 1.35 bits per heavy atom. The fraction of sp³-hybridized carbons (Fsp3) is 0.438. The first-order valence-electron chi connectivity index (χ1n) is 7.20. The zero-order valence-electron chi connectivity index (χ0n) is 12.1. The third-order valence-corrected chi connectivity index (χ3v) is 3.68. The minimum absolute atomic E-state index is 0.255. The van der Waals surface area contributed by atoms with Gasteiger partial charge >= 0.3 is 0 Å². The van der Waals surface area contributed by atoms with E-state index in [1.54, 1.807) is 0 Å². The van der Waals surface area contributed by atoms with E-state index in [-0.39, 0.29) is 6.10 Å². The molecule has 0 radical (unpaired) electrons. The summed E-state index contributed by atoms with van der Waals surface area (Å²) < 4.78 is 7.94. The lowest BCUT2D eigenvalue weighted by molar-refractivity contribution is 0.164. The molecule has 20 heavy (non-hydrogen) atoms. The van der Waals surface area contributed by atoms with Crippen molar-refractivity contribution in [3.8, 4) is 5.75 Å². The molecule has 1 aromatic carbocycles. The van der Waals surface area contributed by atoms with Crippen molar-refractivity contribution in [1.82, 2.24) is 14.7 Å². The zero-order valence-corrected chi connectivity index (χ0v) is 12.1. The Morgan fingerprint density at radius 2 is 2.20 bits per heavy atom. The van der Waals surface area contributed by atoms with Gasteiger partial charge in [0.1, 0.15) is 11.9 Å². The zero-order chi connectivity index (χ0) is 13.9. The van der Waals surface area contributed by atoms with Crippen molar-refractivity contribution in [2.24, 2.45) is 0 Å². The van der Waals surface area contributed by atoms with E-state index < -0.39 is 0 Å². The van der Waals surface area contributed by atoms with Crippen molar-refractivity contribution >= 4 is 0 Å². The van der Waals surface area contributed by atoms with Gasteiger partial charge in [0, 0.05) is 32.3 Å². The van der Waals surface area contributed by atoms with Crippen LogP contribution in [-0.4, -0.2) is 34.4 Å². The number of ether oxygens (including phenoxy) is 1. The molecule has 0 fully saturated rings. The van der Waals surface area contributed by atoms with Gasteiger partial charge in [0.25, 0.3) is 0 Å². The van der Waals surface area contributed by atoms with E-state index in [1.165, 1.54) is 5.56 Å². The van der Waals surface area contributed by atoms with Crippen molar-refractivity contribution in [1.29, 1.82) is 0 Å². The molecule has 0 bridgehead atoms.